The molecule has 0 aromatic heterocycles. The fraction of sp³-hybridized carbons (Fsp3) is 0.381. The number of carbonyl (C=O) groups is 1. The molecule has 2 N–H and O–H groups in total. The second-order valence-electron chi connectivity index (χ2n) is 7.09. The van der Waals surface area contributed by atoms with Crippen molar-refractivity contribution in [3.05, 3.63) is 71.0 Å². The first-order chi connectivity index (χ1) is 12.6. The predicted molar refractivity (Wildman–Crippen MR) is 97.1 cm³/mol. The van der Waals surface area contributed by atoms with E-state index in [0.29, 0.717) is 19.6 Å². The molecule has 2 aromatic carbocycles. The molecule has 2 aromatic rings. The quantitative estimate of drug-likeness (QED) is 0.902. The van der Waals surface area contributed by atoms with Crippen LogP contribution in [0.1, 0.15) is 35.6 Å². The van der Waals surface area contributed by atoms with E-state index in [0.717, 1.165) is 24.0 Å². The molecule has 3 atom stereocenters. The Hall–Kier alpha value is -2.24. The zero-order valence-corrected chi connectivity index (χ0v) is 14.6. The van der Waals surface area contributed by atoms with Crippen molar-refractivity contribution >= 4 is 5.91 Å². The van der Waals surface area contributed by atoms with E-state index in [2.05, 4.69) is 12.1 Å². The molecule has 1 fully saturated rings. The van der Waals surface area contributed by atoms with E-state index >= 15 is 0 Å². The molecule has 0 aliphatic carbocycles. The summed E-state index contributed by atoms with van der Waals surface area (Å²) in [6, 6.07) is 14.4. The highest BCUT2D eigenvalue weighted by Gasteiger charge is 2.36. The Bertz CT molecular complexity index is 785. The predicted octanol–water partition coefficient (Wildman–Crippen LogP) is 2.81. The minimum Gasteiger partial charge on any atom is -0.367 e. The molecule has 0 saturated carbocycles. The molecule has 2 heterocycles. The van der Waals surface area contributed by atoms with Gasteiger partial charge in [-0.25, -0.2) is 4.39 Å². The molecule has 2 aliphatic heterocycles. The minimum atomic E-state index is -0.442. The van der Waals surface area contributed by atoms with Crippen LogP contribution in [-0.4, -0.2) is 36.1 Å². The van der Waals surface area contributed by atoms with Crippen LogP contribution in [0, 0.1) is 5.82 Å². The van der Waals surface area contributed by atoms with Crippen molar-refractivity contribution in [2.75, 3.05) is 13.2 Å². The van der Waals surface area contributed by atoms with Gasteiger partial charge in [0.1, 0.15) is 11.9 Å². The summed E-state index contributed by atoms with van der Waals surface area (Å²) >= 11 is 0. The minimum absolute atomic E-state index is 0.000674. The van der Waals surface area contributed by atoms with Crippen LogP contribution in [0.2, 0.25) is 0 Å². The number of halogens is 1. The third kappa shape index (κ3) is 3.24. The first kappa shape index (κ1) is 17.2. The average molecular weight is 354 g/mol. The van der Waals surface area contributed by atoms with Gasteiger partial charge in [0.25, 0.3) is 5.91 Å². The second kappa shape index (κ2) is 7.17. The van der Waals surface area contributed by atoms with Gasteiger partial charge in [-0.05, 0) is 48.1 Å². The number of amides is 1. The van der Waals surface area contributed by atoms with Crippen molar-refractivity contribution in [2.45, 2.75) is 37.5 Å². The number of ether oxygens (including phenoxy) is 1. The summed E-state index contributed by atoms with van der Waals surface area (Å²) in [6.07, 6.45) is 1.81. The van der Waals surface area contributed by atoms with Crippen LogP contribution >= 0.6 is 0 Å². The number of nitrogens with two attached hydrogens (primary N) is 1. The van der Waals surface area contributed by atoms with E-state index in [1.807, 2.05) is 17.0 Å². The van der Waals surface area contributed by atoms with Gasteiger partial charge in [-0.2, -0.15) is 0 Å². The van der Waals surface area contributed by atoms with Crippen LogP contribution in [0.25, 0.3) is 0 Å². The number of nitrogens with zero attached hydrogens (tertiary/aromatic N) is 1. The van der Waals surface area contributed by atoms with Gasteiger partial charge in [0, 0.05) is 12.6 Å². The molecule has 136 valence electrons. The van der Waals surface area contributed by atoms with E-state index in [1.54, 1.807) is 12.1 Å². The number of benzene rings is 2. The SMILES string of the molecule is N[C@H]1CC[C@H](C(=O)N2CCc3ccccc3[C@@H]2c2ccc(F)cc2)OC1. The van der Waals surface area contributed by atoms with Crippen LogP contribution in [-0.2, 0) is 16.0 Å². The first-order valence-corrected chi connectivity index (χ1v) is 9.14. The van der Waals surface area contributed by atoms with Gasteiger partial charge >= 0.3 is 0 Å². The average Bonchev–Trinajstić information content (AvgIpc) is 2.68. The van der Waals surface area contributed by atoms with Crippen molar-refractivity contribution in [3.63, 3.8) is 0 Å². The Kier molecular flexibility index (Phi) is 4.74. The van der Waals surface area contributed by atoms with Crippen LogP contribution < -0.4 is 5.73 Å². The molecule has 26 heavy (non-hydrogen) atoms. The number of fused-ring (bicyclic) bond motifs is 1. The summed E-state index contributed by atoms with van der Waals surface area (Å²) < 4.78 is 19.1. The van der Waals surface area contributed by atoms with Crippen molar-refractivity contribution in [1.29, 1.82) is 0 Å². The van der Waals surface area contributed by atoms with Crippen molar-refractivity contribution in [1.82, 2.24) is 4.90 Å². The summed E-state index contributed by atoms with van der Waals surface area (Å²) in [6.45, 7) is 1.05. The molecular weight excluding hydrogens is 331 g/mol. The summed E-state index contributed by atoms with van der Waals surface area (Å²) in [4.78, 5) is 15.1. The largest absolute Gasteiger partial charge is 0.367 e. The standard InChI is InChI=1S/C21H23FN2O2/c22-16-7-5-15(6-8-16)20-18-4-2-1-3-14(18)11-12-24(20)21(25)19-10-9-17(23)13-26-19/h1-8,17,19-20H,9-13,23H2/t17-,19+,20-/m0/s1. The van der Waals surface area contributed by atoms with Gasteiger partial charge in [0.15, 0.2) is 0 Å². The normalized spacial score (nSPS) is 25.6. The Morgan fingerprint density at radius 1 is 1.12 bits per heavy atom. The third-order valence-corrected chi connectivity index (χ3v) is 5.34. The summed E-state index contributed by atoms with van der Waals surface area (Å²) in [7, 11) is 0. The van der Waals surface area contributed by atoms with Gasteiger partial charge in [-0.1, -0.05) is 36.4 Å². The Morgan fingerprint density at radius 3 is 2.62 bits per heavy atom. The third-order valence-electron chi connectivity index (χ3n) is 5.34. The van der Waals surface area contributed by atoms with Gasteiger partial charge in [0.05, 0.1) is 12.6 Å². The van der Waals surface area contributed by atoms with E-state index in [4.69, 9.17) is 10.5 Å². The van der Waals surface area contributed by atoms with Gasteiger partial charge in [-0.15, -0.1) is 0 Å². The molecule has 5 heteroatoms. The maximum absolute atomic E-state index is 13.4. The molecule has 0 spiro atoms. The van der Waals surface area contributed by atoms with Crippen LogP contribution in [0.4, 0.5) is 4.39 Å². The lowest BCUT2D eigenvalue weighted by Crippen LogP contribution is -2.49. The van der Waals surface area contributed by atoms with E-state index < -0.39 is 6.10 Å². The molecule has 4 nitrogen and oxygen atoms in total. The fourth-order valence-electron chi connectivity index (χ4n) is 3.96. The molecule has 1 saturated heterocycles. The highest BCUT2D eigenvalue weighted by atomic mass is 19.1. The highest BCUT2D eigenvalue weighted by molar-refractivity contribution is 5.82. The monoisotopic (exact) mass is 354 g/mol. The number of hydrogen-bond acceptors (Lipinski definition) is 3. The van der Waals surface area contributed by atoms with Crippen molar-refractivity contribution < 1.29 is 13.9 Å². The maximum Gasteiger partial charge on any atom is 0.252 e. The van der Waals surface area contributed by atoms with E-state index in [1.165, 1.54) is 17.7 Å². The molecule has 0 bridgehead atoms. The molecule has 4 rings (SSSR count). The lowest BCUT2D eigenvalue weighted by Gasteiger charge is -2.40. The Labute approximate surface area is 152 Å². The number of rotatable bonds is 2. The van der Waals surface area contributed by atoms with Gasteiger partial charge < -0.3 is 15.4 Å². The smallest absolute Gasteiger partial charge is 0.252 e. The molecule has 1 amide bonds. The zero-order chi connectivity index (χ0) is 18.1. The highest BCUT2D eigenvalue weighted by Crippen LogP contribution is 2.36. The molecule has 0 radical (unpaired) electrons. The molecular formula is C21H23FN2O2. The summed E-state index contributed by atoms with van der Waals surface area (Å²) in [5.74, 6) is -0.277. The van der Waals surface area contributed by atoms with Gasteiger partial charge in [-0.3, -0.25) is 4.79 Å². The van der Waals surface area contributed by atoms with Crippen LogP contribution in [0.15, 0.2) is 48.5 Å². The van der Waals surface area contributed by atoms with E-state index in [-0.39, 0.29) is 23.8 Å². The van der Waals surface area contributed by atoms with Crippen LogP contribution in [0.3, 0.4) is 0 Å². The summed E-state index contributed by atoms with van der Waals surface area (Å²) in [5, 5.41) is 0. The van der Waals surface area contributed by atoms with Crippen molar-refractivity contribution in [2.24, 2.45) is 5.73 Å². The maximum atomic E-state index is 13.4. The van der Waals surface area contributed by atoms with Crippen molar-refractivity contribution in [3.8, 4) is 0 Å². The summed E-state index contributed by atoms with van der Waals surface area (Å²) in [5.41, 5.74) is 9.14. The van der Waals surface area contributed by atoms with Crippen LogP contribution in [0.5, 0.6) is 0 Å². The van der Waals surface area contributed by atoms with Gasteiger partial charge in [0.2, 0.25) is 0 Å². The first-order valence-electron chi connectivity index (χ1n) is 9.14. The lowest BCUT2D eigenvalue weighted by molar-refractivity contribution is -0.149. The fourth-order valence-corrected chi connectivity index (χ4v) is 3.96. The van der Waals surface area contributed by atoms with E-state index in [9.17, 15) is 9.18 Å². The molecule has 2 aliphatic rings. The Morgan fingerprint density at radius 2 is 1.88 bits per heavy atom. The zero-order valence-electron chi connectivity index (χ0n) is 14.6. The molecule has 0 unspecified atom stereocenters. The Balaban J connectivity index is 1.68. The number of hydrogen-bond donors (Lipinski definition) is 1. The topological polar surface area (TPSA) is 55.6 Å². The lowest BCUT2D eigenvalue weighted by atomic mass is 9.87. The second-order valence-corrected chi connectivity index (χ2v) is 7.09. The number of carbonyl (C=O) groups excluding carboxylic acids is 1.